The Kier molecular flexibility index (Phi) is 6.38. The van der Waals surface area contributed by atoms with Crippen molar-refractivity contribution in [1.29, 1.82) is 0 Å². The van der Waals surface area contributed by atoms with Gasteiger partial charge in [0.25, 0.3) is 5.89 Å². The van der Waals surface area contributed by atoms with E-state index in [0.29, 0.717) is 30.0 Å². The number of sulfonamides is 1. The number of nitrogens with zero attached hydrogens (tertiary/aromatic N) is 4. The van der Waals surface area contributed by atoms with Crippen molar-refractivity contribution in [3.05, 3.63) is 60.2 Å². The van der Waals surface area contributed by atoms with Crippen molar-refractivity contribution in [1.82, 2.24) is 19.4 Å². The monoisotopic (exact) mass is 442 g/mol. The minimum Gasteiger partial charge on any atom is -0.455 e. The Balaban J connectivity index is 1.31. The molecule has 0 N–H and O–H groups in total. The van der Waals surface area contributed by atoms with E-state index in [-0.39, 0.29) is 23.8 Å². The van der Waals surface area contributed by atoms with Gasteiger partial charge in [0.15, 0.2) is 6.61 Å². The SMILES string of the molecule is O=C(Cc1ccc(S(=O)(=O)N2CCCCC2)cc1)OCc1nc(-c2cccnc2)no1. The van der Waals surface area contributed by atoms with Crippen LogP contribution in [-0.2, 0) is 32.6 Å². The summed E-state index contributed by atoms with van der Waals surface area (Å²) in [4.78, 5) is 20.5. The van der Waals surface area contributed by atoms with Gasteiger partial charge in [-0.1, -0.05) is 23.7 Å². The van der Waals surface area contributed by atoms with E-state index in [1.807, 2.05) is 0 Å². The zero-order valence-electron chi connectivity index (χ0n) is 16.8. The first kappa shape index (κ1) is 21.1. The molecule has 0 saturated carbocycles. The predicted molar refractivity (Wildman–Crippen MR) is 110 cm³/mol. The van der Waals surface area contributed by atoms with Crippen LogP contribution in [0.1, 0.15) is 30.7 Å². The van der Waals surface area contributed by atoms with E-state index in [4.69, 9.17) is 9.26 Å². The standard InChI is InChI=1S/C21H22N4O5S/c26-20(29-15-19-23-21(24-30-19)17-5-4-10-22-14-17)13-16-6-8-18(9-7-16)31(27,28)25-11-2-1-3-12-25/h4-10,14H,1-3,11-13,15H2. The molecule has 0 radical (unpaired) electrons. The molecule has 9 nitrogen and oxygen atoms in total. The normalized spacial score (nSPS) is 15.0. The molecule has 1 saturated heterocycles. The first-order valence-corrected chi connectivity index (χ1v) is 11.4. The molecule has 10 heteroatoms. The Morgan fingerprint density at radius 2 is 1.87 bits per heavy atom. The lowest BCUT2D eigenvalue weighted by molar-refractivity contribution is -0.144. The highest BCUT2D eigenvalue weighted by molar-refractivity contribution is 7.89. The maximum Gasteiger partial charge on any atom is 0.310 e. The molecule has 1 aromatic carbocycles. The summed E-state index contributed by atoms with van der Waals surface area (Å²) in [6, 6.07) is 9.88. The number of pyridine rings is 1. The molecule has 162 valence electrons. The van der Waals surface area contributed by atoms with E-state index < -0.39 is 16.0 Å². The van der Waals surface area contributed by atoms with Gasteiger partial charge in [0.2, 0.25) is 15.8 Å². The van der Waals surface area contributed by atoms with Crippen LogP contribution in [0.15, 0.2) is 58.2 Å². The fraction of sp³-hybridized carbons (Fsp3) is 0.333. The van der Waals surface area contributed by atoms with Crippen LogP contribution in [0.3, 0.4) is 0 Å². The minimum atomic E-state index is -3.49. The molecule has 0 atom stereocenters. The van der Waals surface area contributed by atoms with Crippen molar-refractivity contribution in [3.63, 3.8) is 0 Å². The van der Waals surface area contributed by atoms with Gasteiger partial charge in [-0.2, -0.15) is 9.29 Å². The second kappa shape index (κ2) is 9.36. The van der Waals surface area contributed by atoms with Crippen molar-refractivity contribution < 1.29 is 22.5 Å². The highest BCUT2D eigenvalue weighted by atomic mass is 32.2. The van der Waals surface area contributed by atoms with Crippen molar-refractivity contribution in [2.24, 2.45) is 0 Å². The molecule has 0 amide bonds. The summed E-state index contributed by atoms with van der Waals surface area (Å²) in [7, 11) is -3.49. The van der Waals surface area contributed by atoms with Gasteiger partial charge in [0, 0.05) is 31.0 Å². The molecule has 0 bridgehead atoms. The Bertz CT molecular complexity index is 1120. The maximum absolute atomic E-state index is 12.7. The molecular weight excluding hydrogens is 420 g/mol. The Morgan fingerprint density at radius 1 is 1.10 bits per heavy atom. The predicted octanol–water partition coefficient (Wildman–Crippen LogP) is 2.59. The summed E-state index contributed by atoms with van der Waals surface area (Å²) in [6.45, 7) is 0.955. The van der Waals surface area contributed by atoms with E-state index in [9.17, 15) is 13.2 Å². The topological polar surface area (TPSA) is 115 Å². The lowest BCUT2D eigenvalue weighted by Gasteiger charge is -2.25. The number of esters is 1. The van der Waals surface area contributed by atoms with Crippen LogP contribution in [0.5, 0.6) is 0 Å². The summed E-state index contributed by atoms with van der Waals surface area (Å²) in [6.07, 6.45) is 6.08. The molecule has 1 aliphatic heterocycles. The fourth-order valence-electron chi connectivity index (χ4n) is 3.32. The Labute approximate surface area is 180 Å². The van der Waals surface area contributed by atoms with E-state index in [1.165, 1.54) is 16.4 Å². The van der Waals surface area contributed by atoms with Gasteiger partial charge in [0.05, 0.1) is 11.3 Å². The third-order valence-corrected chi connectivity index (χ3v) is 6.88. The van der Waals surface area contributed by atoms with Crippen LogP contribution in [0.2, 0.25) is 0 Å². The number of hydrogen-bond donors (Lipinski definition) is 0. The zero-order chi connectivity index (χ0) is 21.7. The highest BCUT2D eigenvalue weighted by Crippen LogP contribution is 2.21. The van der Waals surface area contributed by atoms with E-state index in [1.54, 1.807) is 36.7 Å². The third-order valence-electron chi connectivity index (χ3n) is 4.97. The van der Waals surface area contributed by atoms with Crippen LogP contribution in [0.4, 0.5) is 0 Å². The number of carbonyl (C=O) groups excluding carboxylic acids is 1. The molecular formula is C21H22N4O5S. The first-order chi connectivity index (χ1) is 15.0. The number of carbonyl (C=O) groups is 1. The average molecular weight is 442 g/mol. The number of ether oxygens (including phenoxy) is 1. The third kappa shape index (κ3) is 5.15. The number of piperidine rings is 1. The summed E-state index contributed by atoms with van der Waals surface area (Å²) in [5.41, 5.74) is 1.35. The molecule has 31 heavy (non-hydrogen) atoms. The molecule has 4 rings (SSSR count). The molecule has 3 heterocycles. The van der Waals surface area contributed by atoms with Gasteiger partial charge in [-0.3, -0.25) is 9.78 Å². The van der Waals surface area contributed by atoms with Gasteiger partial charge >= 0.3 is 5.97 Å². The second-order valence-corrected chi connectivity index (χ2v) is 9.14. The van der Waals surface area contributed by atoms with E-state index >= 15 is 0 Å². The highest BCUT2D eigenvalue weighted by Gasteiger charge is 2.25. The van der Waals surface area contributed by atoms with Gasteiger partial charge in [0.1, 0.15) is 0 Å². The summed E-state index contributed by atoms with van der Waals surface area (Å²) in [5.74, 6) is 0.0626. The quantitative estimate of drug-likeness (QED) is 0.513. The molecule has 0 aliphatic carbocycles. The van der Waals surface area contributed by atoms with Gasteiger partial charge in [-0.25, -0.2) is 8.42 Å². The maximum atomic E-state index is 12.7. The molecule has 0 unspecified atom stereocenters. The van der Waals surface area contributed by atoms with Gasteiger partial charge < -0.3 is 9.26 Å². The summed E-state index contributed by atoms with van der Waals surface area (Å²) >= 11 is 0. The largest absolute Gasteiger partial charge is 0.455 e. The number of benzene rings is 1. The van der Waals surface area contributed by atoms with Crippen molar-refractivity contribution in [2.45, 2.75) is 37.2 Å². The average Bonchev–Trinajstić information content (AvgIpc) is 3.28. The minimum absolute atomic E-state index is 0.00758. The molecule has 1 fully saturated rings. The first-order valence-electron chi connectivity index (χ1n) is 10.00. The lowest BCUT2D eigenvalue weighted by Crippen LogP contribution is -2.35. The molecule has 1 aliphatic rings. The van der Waals surface area contributed by atoms with Crippen LogP contribution >= 0.6 is 0 Å². The van der Waals surface area contributed by atoms with Crippen LogP contribution < -0.4 is 0 Å². The second-order valence-electron chi connectivity index (χ2n) is 7.20. The lowest BCUT2D eigenvalue weighted by atomic mass is 10.1. The molecule has 0 spiro atoms. The van der Waals surface area contributed by atoms with Gasteiger partial charge in [-0.15, -0.1) is 0 Å². The van der Waals surface area contributed by atoms with Crippen LogP contribution in [0.25, 0.3) is 11.4 Å². The number of rotatable bonds is 7. The van der Waals surface area contributed by atoms with Crippen LogP contribution in [-0.4, -0.2) is 46.9 Å². The fourth-order valence-corrected chi connectivity index (χ4v) is 4.84. The van der Waals surface area contributed by atoms with Crippen molar-refractivity contribution >= 4 is 16.0 Å². The summed E-state index contributed by atoms with van der Waals surface area (Å²) < 4.78 is 37.2. The number of aromatic nitrogens is 3. The zero-order valence-corrected chi connectivity index (χ0v) is 17.6. The van der Waals surface area contributed by atoms with E-state index in [2.05, 4.69) is 15.1 Å². The Morgan fingerprint density at radius 3 is 2.58 bits per heavy atom. The Hall–Kier alpha value is -3.11. The number of hydrogen-bond acceptors (Lipinski definition) is 8. The summed E-state index contributed by atoms with van der Waals surface area (Å²) in [5, 5.41) is 3.84. The van der Waals surface area contributed by atoms with E-state index in [0.717, 1.165) is 19.3 Å². The van der Waals surface area contributed by atoms with Crippen molar-refractivity contribution in [2.75, 3.05) is 13.1 Å². The molecule has 2 aromatic heterocycles. The van der Waals surface area contributed by atoms with Crippen molar-refractivity contribution in [3.8, 4) is 11.4 Å². The van der Waals surface area contributed by atoms with Crippen LogP contribution in [0, 0.1) is 0 Å². The molecule has 3 aromatic rings. The van der Waals surface area contributed by atoms with Gasteiger partial charge in [-0.05, 0) is 42.7 Å². The smallest absolute Gasteiger partial charge is 0.310 e.